The minimum atomic E-state index is 0. The Hall–Kier alpha value is -1.73. The molecule has 3 heteroatoms. The van der Waals surface area contributed by atoms with Gasteiger partial charge in [-0.1, -0.05) is 77.3 Å². The molecule has 2 aromatic carbocycles. The molecule has 0 N–H and O–H groups in total. The van der Waals surface area contributed by atoms with Gasteiger partial charge in [-0.2, -0.15) is 0 Å². The van der Waals surface area contributed by atoms with Crippen LogP contribution in [0.25, 0.3) is 0 Å². The topological polar surface area (TPSA) is 24.7 Å². The molecule has 0 saturated carbocycles. The van der Waals surface area contributed by atoms with Gasteiger partial charge in [-0.3, -0.25) is 9.98 Å². The summed E-state index contributed by atoms with van der Waals surface area (Å²) < 4.78 is 0. The number of aryl methyl sites for hydroxylation is 4. The van der Waals surface area contributed by atoms with Crippen molar-refractivity contribution in [2.75, 3.05) is 0 Å². The maximum Gasteiger partial charge on any atom is 0.0639 e. The number of unbranched alkanes of at least 4 members (excludes halogenated alkanes) is 8. The molecule has 2 rings (SSSR count). The molecule has 0 spiro atoms. The van der Waals surface area contributed by atoms with Crippen molar-refractivity contribution in [2.24, 2.45) is 9.98 Å². The monoisotopic (exact) mass is 518 g/mol. The normalized spacial score (nSPS) is 12.1. The zero-order valence-electron chi connectivity index (χ0n) is 23.2. The molecule has 35 heavy (non-hydrogen) atoms. The van der Waals surface area contributed by atoms with Crippen LogP contribution in [0.4, 0.5) is 11.4 Å². The van der Waals surface area contributed by atoms with Gasteiger partial charge in [0.15, 0.2) is 0 Å². The summed E-state index contributed by atoms with van der Waals surface area (Å²) in [4.78, 5) is 10.5. The minimum Gasteiger partial charge on any atom is -0.252 e. The Bertz CT molecular complexity index is 902. The van der Waals surface area contributed by atoms with E-state index in [0.29, 0.717) is 0 Å². The van der Waals surface area contributed by atoms with Gasteiger partial charge in [-0.25, -0.2) is 0 Å². The van der Waals surface area contributed by atoms with Crippen LogP contribution in [-0.2, 0) is 16.5 Å². The first-order chi connectivity index (χ1) is 16.4. The Kier molecular flexibility index (Phi) is 15.8. The van der Waals surface area contributed by atoms with E-state index in [4.69, 9.17) is 9.98 Å². The van der Waals surface area contributed by atoms with Crippen LogP contribution in [0.1, 0.15) is 113 Å². The van der Waals surface area contributed by atoms with Crippen molar-refractivity contribution < 1.29 is 16.5 Å². The van der Waals surface area contributed by atoms with Crippen molar-refractivity contribution in [1.29, 1.82) is 0 Å². The van der Waals surface area contributed by atoms with E-state index in [1.165, 1.54) is 97.9 Å². The van der Waals surface area contributed by atoms with E-state index in [1.807, 2.05) is 0 Å². The SMILES string of the molecule is CCCCCCCCC(=Nc1cc(C)cc(C)c1)C(CCCCCC)=Nc1cc(C)cc(C)c1.[Ni]. The van der Waals surface area contributed by atoms with E-state index in [2.05, 4.69) is 77.9 Å². The number of hydrogen-bond donors (Lipinski definition) is 0. The van der Waals surface area contributed by atoms with Gasteiger partial charge in [0.1, 0.15) is 0 Å². The summed E-state index contributed by atoms with van der Waals surface area (Å²) in [6, 6.07) is 13.3. The Morgan fingerprint density at radius 3 is 1.17 bits per heavy atom. The van der Waals surface area contributed by atoms with Crippen molar-refractivity contribution in [3.8, 4) is 0 Å². The molecule has 0 aliphatic carbocycles. The average Bonchev–Trinajstić information content (AvgIpc) is 2.76. The molecule has 0 atom stereocenters. The Morgan fingerprint density at radius 1 is 0.486 bits per heavy atom. The summed E-state index contributed by atoms with van der Waals surface area (Å²) in [6.45, 7) is 13.2. The summed E-state index contributed by atoms with van der Waals surface area (Å²) in [5, 5.41) is 0. The Labute approximate surface area is 226 Å². The van der Waals surface area contributed by atoms with Gasteiger partial charge in [0.25, 0.3) is 0 Å². The summed E-state index contributed by atoms with van der Waals surface area (Å²) in [7, 11) is 0. The van der Waals surface area contributed by atoms with Crippen LogP contribution >= 0.6 is 0 Å². The Morgan fingerprint density at radius 2 is 0.800 bits per heavy atom. The van der Waals surface area contributed by atoms with Crippen LogP contribution in [0.5, 0.6) is 0 Å². The van der Waals surface area contributed by atoms with Crippen molar-refractivity contribution in [3.63, 3.8) is 0 Å². The van der Waals surface area contributed by atoms with Crippen LogP contribution in [-0.4, -0.2) is 11.4 Å². The van der Waals surface area contributed by atoms with Gasteiger partial charge >= 0.3 is 0 Å². The number of hydrogen-bond acceptors (Lipinski definition) is 2. The third-order valence-corrected chi connectivity index (χ3v) is 6.31. The number of aliphatic imine (C=N–C) groups is 2. The van der Waals surface area contributed by atoms with Crippen molar-refractivity contribution in [1.82, 2.24) is 0 Å². The summed E-state index contributed by atoms with van der Waals surface area (Å²) in [5.41, 5.74) is 9.60. The zero-order valence-corrected chi connectivity index (χ0v) is 24.1. The second-order valence-electron chi connectivity index (χ2n) is 10.1. The molecular weight excluding hydrogens is 471 g/mol. The largest absolute Gasteiger partial charge is 0.252 e. The number of benzene rings is 2. The fourth-order valence-corrected chi connectivity index (χ4v) is 4.66. The molecule has 0 heterocycles. The van der Waals surface area contributed by atoms with Gasteiger partial charge in [0.05, 0.1) is 22.8 Å². The molecular formula is C32H48N2Ni. The van der Waals surface area contributed by atoms with Crippen LogP contribution in [0.15, 0.2) is 46.4 Å². The third-order valence-electron chi connectivity index (χ3n) is 6.31. The Balaban J connectivity index is 0.00000612. The fraction of sp³-hybridized carbons (Fsp3) is 0.562. The van der Waals surface area contributed by atoms with Crippen molar-refractivity contribution in [2.45, 2.75) is 119 Å². The average molecular weight is 519 g/mol. The maximum absolute atomic E-state index is 5.24. The fourth-order valence-electron chi connectivity index (χ4n) is 4.66. The first-order valence-electron chi connectivity index (χ1n) is 13.7. The predicted molar refractivity (Wildman–Crippen MR) is 153 cm³/mol. The zero-order chi connectivity index (χ0) is 24.8. The quantitative estimate of drug-likeness (QED) is 0.127. The summed E-state index contributed by atoms with van der Waals surface area (Å²) in [6.07, 6.45) is 14.8. The van der Waals surface area contributed by atoms with Crippen LogP contribution in [0, 0.1) is 27.7 Å². The summed E-state index contributed by atoms with van der Waals surface area (Å²) in [5.74, 6) is 0. The van der Waals surface area contributed by atoms with Gasteiger partial charge < -0.3 is 0 Å². The first-order valence-corrected chi connectivity index (χ1v) is 13.7. The van der Waals surface area contributed by atoms with Gasteiger partial charge in [-0.05, 0) is 99.9 Å². The van der Waals surface area contributed by atoms with Crippen molar-refractivity contribution in [3.05, 3.63) is 58.7 Å². The second kappa shape index (κ2) is 17.7. The van der Waals surface area contributed by atoms with E-state index in [-0.39, 0.29) is 16.5 Å². The number of rotatable bonds is 15. The van der Waals surface area contributed by atoms with Crippen LogP contribution < -0.4 is 0 Å². The molecule has 2 nitrogen and oxygen atoms in total. The van der Waals surface area contributed by atoms with Gasteiger partial charge in [0.2, 0.25) is 0 Å². The molecule has 0 aliphatic heterocycles. The molecule has 0 amide bonds. The van der Waals surface area contributed by atoms with E-state index in [0.717, 1.165) is 24.2 Å². The molecule has 0 aromatic heterocycles. The minimum absolute atomic E-state index is 0. The number of nitrogens with zero attached hydrogens (tertiary/aromatic N) is 2. The smallest absolute Gasteiger partial charge is 0.0639 e. The van der Waals surface area contributed by atoms with E-state index < -0.39 is 0 Å². The van der Waals surface area contributed by atoms with Gasteiger partial charge in [0, 0.05) is 16.5 Å². The first kappa shape index (κ1) is 31.3. The van der Waals surface area contributed by atoms with E-state index >= 15 is 0 Å². The van der Waals surface area contributed by atoms with E-state index in [1.54, 1.807) is 0 Å². The molecule has 0 fully saturated rings. The molecule has 0 bridgehead atoms. The predicted octanol–water partition coefficient (Wildman–Crippen LogP) is 10.5. The molecule has 196 valence electrons. The van der Waals surface area contributed by atoms with E-state index in [9.17, 15) is 0 Å². The maximum atomic E-state index is 5.24. The van der Waals surface area contributed by atoms with Gasteiger partial charge in [-0.15, -0.1) is 0 Å². The molecule has 2 aromatic rings. The molecule has 0 aliphatic rings. The van der Waals surface area contributed by atoms with Crippen molar-refractivity contribution >= 4 is 22.8 Å². The third kappa shape index (κ3) is 12.7. The second-order valence-corrected chi connectivity index (χ2v) is 10.1. The molecule has 0 saturated heterocycles. The summed E-state index contributed by atoms with van der Waals surface area (Å²) >= 11 is 0. The standard InChI is InChI=1S/C32H48N2.Ni/c1-7-9-11-13-14-16-18-32(34-30-23-27(5)20-28(6)24-30)31(17-15-12-10-8-2)33-29-21-25(3)19-26(4)22-29;/h19-24H,7-18H2,1-6H3;. The van der Waals surface area contributed by atoms with Crippen LogP contribution in [0.2, 0.25) is 0 Å². The molecule has 0 unspecified atom stereocenters. The molecule has 0 radical (unpaired) electrons. The van der Waals surface area contributed by atoms with Crippen LogP contribution in [0.3, 0.4) is 0 Å².